The van der Waals surface area contributed by atoms with Gasteiger partial charge in [0.05, 0.1) is 10.7 Å². The smallest absolute Gasteiger partial charge is 0.0934 e. The van der Waals surface area contributed by atoms with Gasteiger partial charge in [-0.2, -0.15) is 0 Å². The first-order valence-electron chi connectivity index (χ1n) is 6.24. The minimum Gasteiger partial charge on any atom is -0.246 e. The second kappa shape index (κ2) is 5.63. The Morgan fingerprint density at radius 1 is 1.25 bits per heavy atom. The van der Waals surface area contributed by atoms with E-state index in [1.807, 2.05) is 11.3 Å². The SMILES string of the molecule is Cc1nc(CC2CCCCCC2Br)sc1C. The van der Waals surface area contributed by atoms with Crippen LogP contribution >= 0.6 is 27.3 Å². The standard InChI is InChI=1S/C13H20BrNS/c1-9-10(2)16-13(15-9)8-11-6-4-3-5-7-12(11)14/h11-12H,3-8H2,1-2H3. The lowest BCUT2D eigenvalue weighted by atomic mass is 9.97. The Bertz CT molecular complexity index is 328. The summed E-state index contributed by atoms with van der Waals surface area (Å²) in [5.74, 6) is 0.799. The molecule has 0 radical (unpaired) electrons. The van der Waals surface area contributed by atoms with Crippen molar-refractivity contribution in [2.45, 2.75) is 57.2 Å². The van der Waals surface area contributed by atoms with E-state index in [0.717, 1.165) is 5.92 Å². The lowest BCUT2D eigenvalue weighted by molar-refractivity contribution is 0.474. The average Bonchev–Trinajstić information content (AvgIpc) is 2.44. The fourth-order valence-electron chi connectivity index (χ4n) is 2.42. The molecule has 1 aromatic heterocycles. The van der Waals surface area contributed by atoms with Gasteiger partial charge < -0.3 is 0 Å². The number of aryl methyl sites for hydroxylation is 2. The van der Waals surface area contributed by atoms with Gasteiger partial charge in [0.2, 0.25) is 0 Å². The molecule has 1 aromatic rings. The summed E-state index contributed by atoms with van der Waals surface area (Å²) in [6.45, 7) is 4.29. The number of hydrogen-bond acceptors (Lipinski definition) is 2. The van der Waals surface area contributed by atoms with Crippen LogP contribution in [-0.2, 0) is 6.42 Å². The molecule has 16 heavy (non-hydrogen) atoms. The van der Waals surface area contributed by atoms with E-state index in [9.17, 15) is 0 Å². The zero-order valence-electron chi connectivity index (χ0n) is 10.1. The summed E-state index contributed by atoms with van der Waals surface area (Å²) in [7, 11) is 0. The van der Waals surface area contributed by atoms with Crippen molar-refractivity contribution in [2.75, 3.05) is 0 Å². The Morgan fingerprint density at radius 2 is 2.00 bits per heavy atom. The van der Waals surface area contributed by atoms with Gasteiger partial charge in [0, 0.05) is 16.1 Å². The van der Waals surface area contributed by atoms with Gasteiger partial charge in [-0.25, -0.2) is 4.98 Å². The molecule has 0 amide bonds. The predicted octanol–water partition coefficient (Wildman–Crippen LogP) is 4.65. The predicted molar refractivity (Wildman–Crippen MR) is 74.6 cm³/mol. The van der Waals surface area contributed by atoms with Crippen molar-refractivity contribution in [1.82, 2.24) is 4.98 Å². The molecule has 3 heteroatoms. The van der Waals surface area contributed by atoms with Crippen LogP contribution in [0.2, 0.25) is 0 Å². The summed E-state index contributed by atoms with van der Waals surface area (Å²) < 4.78 is 0. The molecule has 0 spiro atoms. The Morgan fingerprint density at radius 3 is 2.69 bits per heavy atom. The molecule has 1 nitrogen and oxygen atoms in total. The molecule has 0 aliphatic heterocycles. The zero-order chi connectivity index (χ0) is 11.5. The van der Waals surface area contributed by atoms with E-state index in [2.05, 4.69) is 34.8 Å². The van der Waals surface area contributed by atoms with Crippen molar-refractivity contribution < 1.29 is 0 Å². The fourth-order valence-corrected chi connectivity index (χ4v) is 4.22. The summed E-state index contributed by atoms with van der Waals surface area (Å²) in [5.41, 5.74) is 1.22. The van der Waals surface area contributed by atoms with Crippen molar-refractivity contribution in [2.24, 2.45) is 5.92 Å². The maximum Gasteiger partial charge on any atom is 0.0934 e. The minimum atomic E-state index is 0.708. The van der Waals surface area contributed by atoms with Crippen LogP contribution in [0.15, 0.2) is 0 Å². The maximum atomic E-state index is 4.67. The number of hydrogen-bond donors (Lipinski definition) is 0. The summed E-state index contributed by atoms with van der Waals surface area (Å²) >= 11 is 5.75. The van der Waals surface area contributed by atoms with E-state index < -0.39 is 0 Å². The molecule has 2 unspecified atom stereocenters. The van der Waals surface area contributed by atoms with Gasteiger partial charge >= 0.3 is 0 Å². The minimum absolute atomic E-state index is 0.708. The van der Waals surface area contributed by atoms with Crippen LogP contribution in [0, 0.1) is 19.8 Å². The van der Waals surface area contributed by atoms with Gasteiger partial charge in [0.1, 0.15) is 0 Å². The number of alkyl halides is 1. The first-order chi connectivity index (χ1) is 7.66. The Kier molecular flexibility index (Phi) is 4.42. The van der Waals surface area contributed by atoms with E-state index in [1.54, 1.807) is 0 Å². The number of thiazole rings is 1. The Balaban J connectivity index is 2.01. The largest absolute Gasteiger partial charge is 0.246 e. The number of aromatic nitrogens is 1. The Labute approximate surface area is 111 Å². The topological polar surface area (TPSA) is 12.9 Å². The highest BCUT2D eigenvalue weighted by molar-refractivity contribution is 9.09. The van der Waals surface area contributed by atoms with Crippen molar-refractivity contribution >= 4 is 27.3 Å². The first-order valence-corrected chi connectivity index (χ1v) is 7.97. The maximum absolute atomic E-state index is 4.67. The van der Waals surface area contributed by atoms with Crippen molar-refractivity contribution in [3.8, 4) is 0 Å². The van der Waals surface area contributed by atoms with Crippen molar-refractivity contribution in [1.29, 1.82) is 0 Å². The molecule has 0 aromatic carbocycles. The van der Waals surface area contributed by atoms with Gasteiger partial charge in [-0.15, -0.1) is 11.3 Å². The molecular weight excluding hydrogens is 282 g/mol. The number of nitrogens with zero attached hydrogens (tertiary/aromatic N) is 1. The van der Waals surface area contributed by atoms with E-state index in [0.29, 0.717) is 4.83 Å². The molecule has 1 aliphatic carbocycles. The van der Waals surface area contributed by atoms with Crippen LogP contribution < -0.4 is 0 Å². The van der Waals surface area contributed by atoms with Crippen LogP contribution in [0.4, 0.5) is 0 Å². The lowest BCUT2D eigenvalue weighted by Gasteiger charge is -2.18. The first kappa shape index (κ1) is 12.6. The number of halogens is 1. The summed E-state index contributed by atoms with van der Waals surface area (Å²) in [6.07, 6.45) is 8.09. The van der Waals surface area contributed by atoms with Crippen LogP contribution in [-0.4, -0.2) is 9.81 Å². The van der Waals surface area contributed by atoms with Gasteiger partial charge in [0.15, 0.2) is 0 Å². The zero-order valence-corrected chi connectivity index (χ0v) is 12.5. The highest BCUT2D eigenvalue weighted by Gasteiger charge is 2.22. The normalized spacial score (nSPS) is 26.7. The molecule has 1 heterocycles. The van der Waals surface area contributed by atoms with Crippen LogP contribution in [0.3, 0.4) is 0 Å². The highest BCUT2D eigenvalue weighted by atomic mass is 79.9. The van der Waals surface area contributed by atoms with Gasteiger partial charge in [-0.05, 0) is 32.6 Å². The molecule has 2 rings (SSSR count). The molecule has 0 saturated heterocycles. The summed E-state index contributed by atoms with van der Waals surface area (Å²) in [4.78, 5) is 6.76. The van der Waals surface area contributed by atoms with Crippen molar-refractivity contribution in [3.05, 3.63) is 15.6 Å². The van der Waals surface area contributed by atoms with Crippen LogP contribution in [0.25, 0.3) is 0 Å². The number of rotatable bonds is 2. The second-order valence-electron chi connectivity index (χ2n) is 4.87. The molecular formula is C13H20BrNS. The third kappa shape index (κ3) is 3.07. The van der Waals surface area contributed by atoms with Gasteiger partial charge in [0.25, 0.3) is 0 Å². The third-order valence-corrected chi connectivity index (χ3v) is 5.88. The third-order valence-electron chi connectivity index (χ3n) is 3.58. The van der Waals surface area contributed by atoms with E-state index in [4.69, 9.17) is 0 Å². The van der Waals surface area contributed by atoms with E-state index >= 15 is 0 Å². The molecule has 90 valence electrons. The Hall–Kier alpha value is 0.110. The molecule has 2 atom stereocenters. The van der Waals surface area contributed by atoms with Gasteiger partial charge in [-0.1, -0.05) is 35.2 Å². The molecule has 0 N–H and O–H groups in total. The average molecular weight is 302 g/mol. The second-order valence-corrected chi connectivity index (χ2v) is 7.33. The van der Waals surface area contributed by atoms with E-state index in [-0.39, 0.29) is 0 Å². The van der Waals surface area contributed by atoms with Crippen LogP contribution in [0.1, 0.15) is 47.7 Å². The van der Waals surface area contributed by atoms with E-state index in [1.165, 1.54) is 54.1 Å². The van der Waals surface area contributed by atoms with Gasteiger partial charge in [-0.3, -0.25) is 0 Å². The summed E-state index contributed by atoms with van der Waals surface area (Å²) in [6, 6.07) is 0. The highest BCUT2D eigenvalue weighted by Crippen LogP contribution is 2.32. The lowest BCUT2D eigenvalue weighted by Crippen LogP contribution is -2.15. The quantitative estimate of drug-likeness (QED) is 0.572. The molecule has 1 saturated carbocycles. The molecule has 1 fully saturated rings. The van der Waals surface area contributed by atoms with Crippen molar-refractivity contribution in [3.63, 3.8) is 0 Å². The van der Waals surface area contributed by atoms with Crippen LogP contribution in [0.5, 0.6) is 0 Å². The molecule has 0 bridgehead atoms. The molecule has 1 aliphatic rings. The summed E-state index contributed by atoms with van der Waals surface area (Å²) in [5, 5.41) is 1.34. The fraction of sp³-hybridized carbons (Fsp3) is 0.769. The monoisotopic (exact) mass is 301 g/mol.